The van der Waals surface area contributed by atoms with Crippen LogP contribution in [-0.4, -0.2) is 6.04 Å². The first-order chi connectivity index (χ1) is 5.13. The highest BCUT2D eigenvalue weighted by atomic mass is 14.6. The van der Waals surface area contributed by atoms with Crippen LogP contribution < -0.4 is 5.73 Å². The molecule has 1 unspecified atom stereocenters. The first-order valence-corrected chi connectivity index (χ1v) is 4.18. The summed E-state index contributed by atoms with van der Waals surface area (Å²) in [5.74, 6) is 0. The van der Waals surface area contributed by atoms with E-state index >= 15 is 0 Å². The van der Waals surface area contributed by atoms with Gasteiger partial charge in [-0.15, -0.1) is 0 Å². The van der Waals surface area contributed by atoms with E-state index in [4.69, 9.17) is 5.73 Å². The fourth-order valence-corrected chi connectivity index (χ4v) is 1.19. The summed E-state index contributed by atoms with van der Waals surface area (Å²) in [6.07, 6.45) is 4.05. The Labute approximate surface area is 70.0 Å². The summed E-state index contributed by atoms with van der Waals surface area (Å²) >= 11 is 0. The molecule has 2 N–H and O–H groups in total. The predicted molar refractivity (Wildman–Crippen MR) is 51.5 cm³/mol. The third-order valence-electron chi connectivity index (χ3n) is 1.80. The molecule has 0 saturated heterocycles. The van der Waals surface area contributed by atoms with Crippen molar-refractivity contribution in [3.63, 3.8) is 0 Å². The number of hydrogen-bond donors (Lipinski definition) is 1. The summed E-state index contributed by atoms with van der Waals surface area (Å²) in [7, 11) is 0. The lowest BCUT2D eigenvalue weighted by Gasteiger charge is -2.13. The van der Waals surface area contributed by atoms with Gasteiger partial charge in [-0.05, 0) is 25.8 Å². The van der Waals surface area contributed by atoms with Gasteiger partial charge in [0.2, 0.25) is 0 Å². The lowest BCUT2D eigenvalue weighted by molar-refractivity contribution is 0.679. The molecule has 1 heteroatoms. The predicted octanol–water partition coefficient (Wildman–Crippen LogP) is 2.64. The average molecular weight is 153 g/mol. The molecule has 1 nitrogen and oxygen atoms in total. The van der Waals surface area contributed by atoms with Gasteiger partial charge in [0.15, 0.2) is 0 Å². The Morgan fingerprint density at radius 1 is 1.55 bits per heavy atom. The van der Waals surface area contributed by atoms with E-state index in [2.05, 4.69) is 27.4 Å². The fraction of sp³-hybridized carbons (Fsp3) is 0.600. The van der Waals surface area contributed by atoms with Crippen molar-refractivity contribution in [3.8, 4) is 0 Å². The minimum Gasteiger partial charge on any atom is -0.324 e. The highest BCUT2D eigenvalue weighted by molar-refractivity contribution is 5.26. The first-order valence-electron chi connectivity index (χ1n) is 4.18. The summed E-state index contributed by atoms with van der Waals surface area (Å²) < 4.78 is 0. The second kappa shape index (κ2) is 5.14. The van der Waals surface area contributed by atoms with Gasteiger partial charge in [0, 0.05) is 6.04 Å². The van der Waals surface area contributed by atoms with Crippen molar-refractivity contribution in [1.82, 2.24) is 0 Å². The maximum absolute atomic E-state index is 5.91. The molecule has 0 aromatic carbocycles. The van der Waals surface area contributed by atoms with Gasteiger partial charge < -0.3 is 5.73 Å². The highest BCUT2D eigenvalue weighted by Crippen LogP contribution is 2.11. The molecule has 0 bridgehead atoms. The van der Waals surface area contributed by atoms with Crippen LogP contribution in [-0.2, 0) is 0 Å². The smallest absolute Gasteiger partial charge is 0.0293 e. The third kappa shape index (κ3) is 3.38. The van der Waals surface area contributed by atoms with Gasteiger partial charge in [-0.2, -0.15) is 0 Å². The fourth-order valence-electron chi connectivity index (χ4n) is 1.19. The summed E-state index contributed by atoms with van der Waals surface area (Å²) in [6.45, 7) is 10.0. The Kier molecular flexibility index (Phi) is 4.88. The second-order valence-corrected chi connectivity index (χ2v) is 3.05. The molecule has 0 heterocycles. The molecule has 0 rings (SSSR count). The average Bonchev–Trinajstić information content (AvgIpc) is 1.88. The van der Waals surface area contributed by atoms with Gasteiger partial charge in [0.1, 0.15) is 0 Å². The molecule has 0 aliphatic rings. The van der Waals surface area contributed by atoms with E-state index in [1.165, 1.54) is 11.1 Å². The van der Waals surface area contributed by atoms with Crippen LogP contribution in [0.4, 0.5) is 0 Å². The lowest BCUT2D eigenvalue weighted by atomic mass is 9.99. The minimum atomic E-state index is 0.183. The Hall–Kier alpha value is -0.560. The molecule has 0 amide bonds. The normalized spacial score (nSPS) is 12.4. The van der Waals surface area contributed by atoms with E-state index in [0.717, 1.165) is 12.8 Å². The van der Waals surface area contributed by atoms with Crippen LogP contribution in [0.2, 0.25) is 0 Å². The van der Waals surface area contributed by atoms with E-state index < -0.39 is 0 Å². The zero-order valence-corrected chi connectivity index (χ0v) is 7.85. The number of allylic oxidation sites excluding steroid dienone is 1. The number of hydrogen-bond acceptors (Lipinski definition) is 1. The molecule has 0 saturated carbocycles. The molecule has 0 aliphatic heterocycles. The quantitative estimate of drug-likeness (QED) is 0.617. The molecule has 0 radical (unpaired) electrons. The van der Waals surface area contributed by atoms with Crippen molar-refractivity contribution in [3.05, 3.63) is 23.8 Å². The Morgan fingerprint density at radius 3 is 2.36 bits per heavy atom. The zero-order valence-electron chi connectivity index (χ0n) is 7.85. The van der Waals surface area contributed by atoms with Crippen LogP contribution in [0.5, 0.6) is 0 Å². The van der Waals surface area contributed by atoms with Crippen LogP contribution in [0.15, 0.2) is 23.8 Å². The topological polar surface area (TPSA) is 26.0 Å². The van der Waals surface area contributed by atoms with Crippen LogP contribution in [0, 0.1) is 0 Å². The SMILES string of the molecule is C=CC(=C(C)C)C(N)CCC. The molecule has 1 atom stereocenters. The van der Waals surface area contributed by atoms with Crippen molar-refractivity contribution in [2.24, 2.45) is 5.73 Å². The minimum absolute atomic E-state index is 0.183. The third-order valence-corrected chi connectivity index (χ3v) is 1.80. The summed E-state index contributed by atoms with van der Waals surface area (Å²) in [5, 5.41) is 0. The van der Waals surface area contributed by atoms with E-state index in [0.29, 0.717) is 0 Å². The van der Waals surface area contributed by atoms with Gasteiger partial charge in [0.25, 0.3) is 0 Å². The van der Waals surface area contributed by atoms with Crippen molar-refractivity contribution >= 4 is 0 Å². The molecule has 0 aromatic heterocycles. The highest BCUT2D eigenvalue weighted by Gasteiger charge is 2.05. The van der Waals surface area contributed by atoms with Crippen LogP contribution in [0.3, 0.4) is 0 Å². The van der Waals surface area contributed by atoms with Crippen LogP contribution in [0.25, 0.3) is 0 Å². The van der Waals surface area contributed by atoms with E-state index in [-0.39, 0.29) is 6.04 Å². The standard InChI is InChI=1S/C10H19N/c1-5-7-10(11)9(6-2)8(3)4/h6,10H,2,5,7,11H2,1,3-4H3. The molecule has 0 fully saturated rings. The zero-order chi connectivity index (χ0) is 8.85. The monoisotopic (exact) mass is 153 g/mol. The summed E-state index contributed by atoms with van der Waals surface area (Å²) in [5.41, 5.74) is 8.39. The van der Waals surface area contributed by atoms with E-state index in [1.807, 2.05) is 6.08 Å². The lowest BCUT2D eigenvalue weighted by Crippen LogP contribution is -2.21. The van der Waals surface area contributed by atoms with Crippen LogP contribution in [0.1, 0.15) is 33.6 Å². The second-order valence-electron chi connectivity index (χ2n) is 3.05. The van der Waals surface area contributed by atoms with E-state index in [9.17, 15) is 0 Å². The molecule has 0 aromatic rings. The molecule has 0 spiro atoms. The Balaban J connectivity index is 4.27. The summed E-state index contributed by atoms with van der Waals surface area (Å²) in [4.78, 5) is 0. The maximum atomic E-state index is 5.91. The number of rotatable bonds is 4. The van der Waals surface area contributed by atoms with Crippen molar-refractivity contribution in [1.29, 1.82) is 0 Å². The van der Waals surface area contributed by atoms with Gasteiger partial charge in [-0.1, -0.05) is 31.6 Å². The number of nitrogens with two attached hydrogens (primary N) is 1. The first kappa shape index (κ1) is 10.4. The van der Waals surface area contributed by atoms with Crippen LogP contribution >= 0.6 is 0 Å². The molecular weight excluding hydrogens is 134 g/mol. The Bertz CT molecular complexity index is 152. The van der Waals surface area contributed by atoms with Gasteiger partial charge in [-0.25, -0.2) is 0 Å². The maximum Gasteiger partial charge on any atom is 0.0293 e. The van der Waals surface area contributed by atoms with Crippen molar-refractivity contribution < 1.29 is 0 Å². The molecule has 11 heavy (non-hydrogen) atoms. The molecule has 64 valence electrons. The Morgan fingerprint density at radius 2 is 2.09 bits per heavy atom. The molecule has 0 aliphatic carbocycles. The molecular formula is C10H19N. The van der Waals surface area contributed by atoms with Gasteiger partial charge in [-0.3, -0.25) is 0 Å². The van der Waals surface area contributed by atoms with Gasteiger partial charge in [0.05, 0.1) is 0 Å². The van der Waals surface area contributed by atoms with Gasteiger partial charge >= 0.3 is 0 Å². The van der Waals surface area contributed by atoms with E-state index in [1.54, 1.807) is 0 Å². The summed E-state index contributed by atoms with van der Waals surface area (Å²) in [6, 6.07) is 0.183. The van der Waals surface area contributed by atoms with Crippen molar-refractivity contribution in [2.75, 3.05) is 0 Å². The largest absolute Gasteiger partial charge is 0.324 e. The van der Waals surface area contributed by atoms with Crippen molar-refractivity contribution in [2.45, 2.75) is 39.7 Å².